The first-order valence-corrected chi connectivity index (χ1v) is 12.0. The number of rotatable bonds is 5. The number of hydrogen-bond donors (Lipinski definition) is 0. The monoisotopic (exact) mass is 421 g/mol. The van der Waals surface area contributed by atoms with Crippen molar-refractivity contribution in [3.05, 3.63) is 17.3 Å². The van der Waals surface area contributed by atoms with Crippen LogP contribution in [0.2, 0.25) is 0 Å². The van der Waals surface area contributed by atoms with E-state index in [1.165, 1.54) is 16.3 Å². The summed E-state index contributed by atoms with van der Waals surface area (Å²) in [7, 11) is -3.53. The van der Waals surface area contributed by atoms with Gasteiger partial charge in [0.25, 0.3) is 0 Å². The number of sulfonamides is 1. The van der Waals surface area contributed by atoms with E-state index in [0.29, 0.717) is 45.4 Å². The molecular formula is C19H27N5O4S. The molecule has 1 aromatic rings. The Bertz CT molecular complexity index is 880. The van der Waals surface area contributed by atoms with Crippen molar-refractivity contribution in [1.82, 2.24) is 19.4 Å². The molecule has 1 aliphatic carbocycles. The van der Waals surface area contributed by atoms with Gasteiger partial charge in [0.05, 0.1) is 11.4 Å². The maximum atomic E-state index is 12.7. The van der Waals surface area contributed by atoms with Gasteiger partial charge in [-0.15, -0.1) is 5.10 Å². The second-order valence-corrected chi connectivity index (χ2v) is 9.96. The summed E-state index contributed by atoms with van der Waals surface area (Å²) in [6.07, 6.45) is 5.52. The summed E-state index contributed by atoms with van der Waals surface area (Å²) in [5.41, 5.74) is 2.34. The number of hydrogen-bond acceptors (Lipinski definition) is 7. The third-order valence-electron chi connectivity index (χ3n) is 5.97. The molecule has 2 fully saturated rings. The fourth-order valence-corrected chi connectivity index (χ4v) is 5.60. The normalized spacial score (nSPS) is 21.4. The minimum atomic E-state index is -3.53. The molecule has 0 radical (unpaired) electrons. The molecule has 10 heteroatoms. The van der Waals surface area contributed by atoms with Crippen LogP contribution in [-0.2, 0) is 32.5 Å². The average molecular weight is 422 g/mol. The van der Waals surface area contributed by atoms with Crippen LogP contribution in [0.3, 0.4) is 0 Å². The number of aryl methyl sites for hydroxylation is 2. The molecule has 3 heterocycles. The highest BCUT2D eigenvalue weighted by Gasteiger charge is 2.31. The summed E-state index contributed by atoms with van der Waals surface area (Å²) < 4.78 is 26.9. The van der Waals surface area contributed by atoms with Gasteiger partial charge in [-0.1, -0.05) is 0 Å². The van der Waals surface area contributed by atoms with Crippen LogP contribution < -0.4 is 4.90 Å². The molecule has 0 saturated carbocycles. The molecule has 0 spiro atoms. The molecular weight excluding hydrogens is 394 g/mol. The van der Waals surface area contributed by atoms with Gasteiger partial charge in [0.1, 0.15) is 0 Å². The summed E-state index contributed by atoms with van der Waals surface area (Å²) in [5.74, 6) is 0.0510. The zero-order valence-corrected chi connectivity index (χ0v) is 17.4. The highest BCUT2D eigenvalue weighted by atomic mass is 32.2. The zero-order valence-electron chi connectivity index (χ0n) is 16.5. The van der Waals surface area contributed by atoms with Crippen molar-refractivity contribution in [3.63, 3.8) is 0 Å². The van der Waals surface area contributed by atoms with Crippen molar-refractivity contribution in [1.29, 1.82) is 0 Å². The third kappa shape index (κ3) is 4.42. The predicted molar refractivity (Wildman–Crippen MR) is 107 cm³/mol. The van der Waals surface area contributed by atoms with Gasteiger partial charge in [-0.05, 0) is 43.7 Å². The Kier molecular flexibility index (Phi) is 5.82. The van der Waals surface area contributed by atoms with Crippen LogP contribution in [0.1, 0.15) is 43.4 Å². The molecule has 3 aliphatic rings. The Hall–Kier alpha value is -2.07. The molecule has 4 rings (SSSR count). The van der Waals surface area contributed by atoms with Gasteiger partial charge in [-0.2, -0.15) is 9.40 Å². The fourth-order valence-electron chi connectivity index (χ4n) is 4.21. The molecule has 1 aromatic heterocycles. The third-order valence-corrected chi connectivity index (χ3v) is 7.82. The fraction of sp³-hybridized carbons (Fsp3) is 0.684. The quantitative estimate of drug-likeness (QED) is 0.632. The summed E-state index contributed by atoms with van der Waals surface area (Å²) >= 11 is 0. The lowest BCUT2D eigenvalue weighted by molar-refractivity contribution is -0.147. The van der Waals surface area contributed by atoms with Crippen LogP contribution in [-0.4, -0.2) is 78.1 Å². The minimum Gasteiger partial charge on any atom is -0.352 e. The number of amides is 2. The van der Waals surface area contributed by atoms with E-state index < -0.39 is 10.0 Å². The maximum Gasteiger partial charge on any atom is 0.229 e. The van der Waals surface area contributed by atoms with E-state index in [9.17, 15) is 18.0 Å². The highest BCUT2D eigenvalue weighted by Crippen LogP contribution is 2.23. The number of nitrogens with zero attached hydrogens (tertiary/aromatic N) is 5. The van der Waals surface area contributed by atoms with Gasteiger partial charge in [-0.3, -0.25) is 14.5 Å². The van der Waals surface area contributed by atoms with E-state index in [4.69, 9.17) is 0 Å². The molecule has 9 nitrogen and oxygen atoms in total. The van der Waals surface area contributed by atoms with Crippen LogP contribution in [0, 0.1) is 0 Å². The first kappa shape index (κ1) is 20.2. The van der Waals surface area contributed by atoms with E-state index in [-0.39, 0.29) is 24.1 Å². The first-order chi connectivity index (χ1) is 13.9. The SMILES string of the molecule is O=C1CCCC(=O)N1CCS(=O)(=O)N1CCN(c2cc3c(nn2)CCCC3)CC1. The lowest BCUT2D eigenvalue weighted by atomic mass is 9.97. The summed E-state index contributed by atoms with van der Waals surface area (Å²) in [4.78, 5) is 26.9. The molecule has 0 atom stereocenters. The number of likely N-dealkylation sites (tertiary alicyclic amines) is 1. The van der Waals surface area contributed by atoms with Gasteiger partial charge >= 0.3 is 0 Å². The van der Waals surface area contributed by atoms with Gasteiger partial charge < -0.3 is 4.90 Å². The van der Waals surface area contributed by atoms with Crippen molar-refractivity contribution in [2.75, 3.05) is 43.4 Å². The van der Waals surface area contributed by atoms with E-state index >= 15 is 0 Å². The van der Waals surface area contributed by atoms with Gasteiger partial charge in [-0.25, -0.2) is 8.42 Å². The van der Waals surface area contributed by atoms with Crippen molar-refractivity contribution in [2.45, 2.75) is 44.9 Å². The molecule has 0 bridgehead atoms. The topological polar surface area (TPSA) is 104 Å². The summed E-state index contributed by atoms with van der Waals surface area (Å²) in [5, 5.41) is 8.71. The number of anilines is 1. The van der Waals surface area contributed by atoms with E-state index in [1.807, 2.05) is 0 Å². The Morgan fingerprint density at radius 3 is 2.28 bits per heavy atom. The Balaban J connectivity index is 1.33. The number of carbonyl (C=O) groups is 2. The number of imide groups is 1. The molecule has 158 valence electrons. The molecule has 0 N–H and O–H groups in total. The maximum absolute atomic E-state index is 12.7. The van der Waals surface area contributed by atoms with Crippen LogP contribution in [0.15, 0.2) is 6.07 Å². The van der Waals surface area contributed by atoms with Crippen molar-refractivity contribution in [3.8, 4) is 0 Å². The Morgan fingerprint density at radius 1 is 0.862 bits per heavy atom. The van der Waals surface area contributed by atoms with Gasteiger partial charge in [0.2, 0.25) is 21.8 Å². The van der Waals surface area contributed by atoms with Crippen molar-refractivity contribution in [2.24, 2.45) is 0 Å². The minimum absolute atomic E-state index is 0.0590. The highest BCUT2D eigenvalue weighted by molar-refractivity contribution is 7.89. The number of carbonyl (C=O) groups excluding carboxylic acids is 2. The zero-order chi connectivity index (χ0) is 20.4. The van der Waals surface area contributed by atoms with E-state index in [2.05, 4.69) is 21.2 Å². The second-order valence-electron chi connectivity index (χ2n) is 7.88. The molecule has 0 unspecified atom stereocenters. The Morgan fingerprint density at radius 2 is 1.55 bits per heavy atom. The van der Waals surface area contributed by atoms with Gasteiger partial charge in [0, 0.05) is 45.6 Å². The van der Waals surface area contributed by atoms with E-state index in [0.717, 1.165) is 35.7 Å². The molecule has 2 amide bonds. The summed E-state index contributed by atoms with van der Waals surface area (Å²) in [6.45, 7) is 1.77. The van der Waals surface area contributed by atoms with E-state index in [1.54, 1.807) is 0 Å². The number of piperazine rings is 1. The predicted octanol–water partition coefficient (Wildman–Crippen LogP) is 0.346. The van der Waals surface area contributed by atoms with Crippen LogP contribution >= 0.6 is 0 Å². The molecule has 2 aliphatic heterocycles. The van der Waals surface area contributed by atoms with Gasteiger partial charge in [0.15, 0.2) is 5.82 Å². The molecule has 2 saturated heterocycles. The van der Waals surface area contributed by atoms with Crippen LogP contribution in [0.4, 0.5) is 5.82 Å². The molecule has 29 heavy (non-hydrogen) atoms. The second kappa shape index (κ2) is 8.35. The lowest BCUT2D eigenvalue weighted by Crippen LogP contribution is -2.51. The molecule has 0 aromatic carbocycles. The van der Waals surface area contributed by atoms with Crippen LogP contribution in [0.5, 0.6) is 0 Å². The largest absolute Gasteiger partial charge is 0.352 e. The number of fused-ring (bicyclic) bond motifs is 1. The standard InChI is InChI=1S/C19H27N5O4S/c25-18-6-3-7-19(26)24(18)12-13-29(27,28)23-10-8-22(9-11-23)17-14-15-4-1-2-5-16(15)20-21-17/h14H,1-13H2. The van der Waals surface area contributed by atoms with Crippen LogP contribution in [0.25, 0.3) is 0 Å². The first-order valence-electron chi connectivity index (χ1n) is 10.4. The lowest BCUT2D eigenvalue weighted by Gasteiger charge is -2.35. The average Bonchev–Trinajstić information content (AvgIpc) is 2.73. The van der Waals surface area contributed by atoms with Crippen molar-refractivity contribution < 1.29 is 18.0 Å². The smallest absolute Gasteiger partial charge is 0.229 e. The number of aromatic nitrogens is 2. The number of piperidine rings is 1. The Labute approximate surface area is 171 Å². The van der Waals surface area contributed by atoms with Crippen molar-refractivity contribution >= 4 is 27.7 Å². The summed E-state index contributed by atoms with van der Waals surface area (Å²) in [6, 6.07) is 2.10.